The molecule has 0 aromatic heterocycles. The third-order valence-corrected chi connectivity index (χ3v) is 0.934. The zero-order valence-corrected chi connectivity index (χ0v) is 6.94. The van der Waals surface area contributed by atoms with Crippen LogP contribution in [0.2, 0.25) is 0 Å². The van der Waals surface area contributed by atoms with E-state index in [-0.39, 0.29) is 8.41 Å². The summed E-state index contributed by atoms with van der Waals surface area (Å²) in [4.78, 5) is 0. The first-order valence-corrected chi connectivity index (χ1v) is 3.36. The lowest BCUT2D eigenvalue weighted by atomic mass is 10.2. The Bertz CT molecular complexity index is 44.9. The lowest BCUT2D eigenvalue weighted by molar-refractivity contribution is 0.505. The second kappa shape index (κ2) is 6.15. The minimum atomic E-state index is 0. The van der Waals surface area contributed by atoms with Gasteiger partial charge in [-0.2, -0.15) is 0 Å². The van der Waals surface area contributed by atoms with Gasteiger partial charge in [0, 0.05) is 14.5 Å². The maximum absolute atomic E-state index is 3.34. The first-order chi connectivity index (χ1) is 3.63. The molecule has 0 aromatic rings. The van der Waals surface area contributed by atoms with Crippen molar-refractivity contribution in [2.75, 3.05) is 6.54 Å². The highest BCUT2D eigenvalue weighted by Gasteiger charge is 1.93. The van der Waals surface area contributed by atoms with Gasteiger partial charge in [-0.15, -0.1) is 0 Å². The molecule has 2 heteroatoms. The number of hydrogen-bond acceptors (Lipinski definition) is 1. The van der Waals surface area contributed by atoms with Gasteiger partial charge >= 0.3 is 0 Å². The van der Waals surface area contributed by atoms with Crippen molar-refractivity contribution in [3.63, 3.8) is 0 Å². The van der Waals surface area contributed by atoms with E-state index in [4.69, 9.17) is 0 Å². The fourth-order valence-electron chi connectivity index (χ4n) is 0.471. The van der Waals surface area contributed by atoms with Crippen LogP contribution in [0.1, 0.15) is 27.7 Å². The minimum Gasteiger partial charge on any atom is -0.314 e. The smallest absolute Gasteiger partial charge is 0.00104 e. The largest absolute Gasteiger partial charge is 0.314 e. The molecule has 1 nitrogen and oxygen atoms in total. The summed E-state index contributed by atoms with van der Waals surface area (Å²) in [6.07, 6.45) is 0. The Balaban J connectivity index is 0. The van der Waals surface area contributed by atoms with E-state index in [1.54, 1.807) is 0 Å². The summed E-state index contributed by atoms with van der Waals surface area (Å²) >= 11 is 0. The van der Waals surface area contributed by atoms with Gasteiger partial charge in [0.2, 0.25) is 0 Å². The van der Waals surface area contributed by atoms with E-state index in [1.165, 1.54) is 0 Å². The molecule has 0 bridgehead atoms. The van der Waals surface area contributed by atoms with Crippen LogP contribution in [0, 0.1) is 5.92 Å². The summed E-state index contributed by atoms with van der Waals surface area (Å²) in [7, 11) is 0. The molecule has 0 saturated carbocycles. The van der Waals surface area contributed by atoms with Gasteiger partial charge in [0.05, 0.1) is 0 Å². The number of nitrogens with one attached hydrogen (secondary N) is 1. The maximum Gasteiger partial charge on any atom is 0.00104 e. The van der Waals surface area contributed by atoms with E-state index in [1.807, 2.05) is 0 Å². The van der Waals surface area contributed by atoms with Crippen molar-refractivity contribution in [3.8, 4) is 0 Å². The molecule has 0 fully saturated rings. The average Bonchev–Trinajstić information content (AvgIpc) is 1.61. The molecule has 3 radical (unpaired) electrons. The zero-order chi connectivity index (χ0) is 6.57. The zero-order valence-electron chi connectivity index (χ0n) is 6.94. The van der Waals surface area contributed by atoms with E-state index in [0.29, 0.717) is 6.04 Å². The fourth-order valence-corrected chi connectivity index (χ4v) is 0.471. The number of rotatable bonds is 3. The monoisotopic (exact) mass is 126 g/mol. The highest BCUT2D eigenvalue weighted by Crippen LogP contribution is 1.87. The summed E-state index contributed by atoms with van der Waals surface area (Å²) in [5.74, 6) is 0.775. The summed E-state index contributed by atoms with van der Waals surface area (Å²) in [5.41, 5.74) is 0. The molecular formula is C7H17BN. The van der Waals surface area contributed by atoms with Gasteiger partial charge in [-0.25, -0.2) is 0 Å². The number of hydrogen-bond donors (Lipinski definition) is 1. The Kier molecular flexibility index (Phi) is 8.05. The van der Waals surface area contributed by atoms with E-state index in [9.17, 15) is 0 Å². The molecule has 0 unspecified atom stereocenters. The summed E-state index contributed by atoms with van der Waals surface area (Å²) in [5, 5.41) is 3.34. The van der Waals surface area contributed by atoms with Crippen LogP contribution in [0.3, 0.4) is 0 Å². The average molecular weight is 126 g/mol. The van der Waals surface area contributed by atoms with Crippen molar-refractivity contribution in [3.05, 3.63) is 0 Å². The van der Waals surface area contributed by atoms with Crippen LogP contribution >= 0.6 is 0 Å². The molecule has 0 aliphatic carbocycles. The minimum absolute atomic E-state index is 0. The molecule has 0 spiro atoms. The van der Waals surface area contributed by atoms with Crippen LogP contribution in [-0.2, 0) is 0 Å². The highest BCUT2D eigenvalue weighted by atomic mass is 14.9. The molecule has 0 saturated heterocycles. The van der Waals surface area contributed by atoms with Crippen LogP contribution in [0.4, 0.5) is 0 Å². The van der Waals surface area contributed by atoms with Crippen LogP contribution in [0.25, 0.3) is 0 Å². The normalized spacial score (nSPS) is 10.0. The molecule has 0 amide bonds. The van der Waals surface area contributed by atoms with Gasteiger partial charge in [0.1, 0.15) is 0 Å². The van der Waals surface area contributed by atoms with Crippen molar-refractivity contribution in [2.24, 2.45) is 5.92 Å². The van der Waals surface area contributed by atoms with Crippen LogP contribution in [-0.4, -0.2) is 21.0 Å². The summed E-state index contributed by atoms with van der Waals surface area (Å²) in [6, 6.07) is 0.636. The van der Waals surface area contributed by atoms with Crippen molar-refractivity contribution >= 4 is 8.41 Å². The Labute approximate surface area is 60.8 Å². The SMILES string of the molecule is CC(C)CNC(C)C.[B]. The molecule has 0 aliphatic rings. The topological polar surface area (TPSA) is 12.0 Å². The molecule has 0 aromatic carbocycles. The van der Waals surface area contributed by atoms with E-state index < -0.39 is 0 Å². The van der Waals surface area contributed by atoms with E-state index >= 15 is 0 Å². The second-order valence-electron chi connectivity index (χ2n) is 2.96. The quantitative estimate of drug-likeness (QED) is 0.561. The third kappa shape index (κ3) is 11.5. The lowest BCUT2D eigenvalue weighted by Crippen LogP contribution is -2.26. The predicted molar refractivity (Wildman–Crippen MR) is 43.7 cm³/mol. The maximum atomic E-state index is 3.34. The van der Waals surface area contributed by atoms with Crippen LogP contribution < -0.4 is 5.32 Å². The van der Waals surface area contributed by atoms with Crippen molar-refractivity contribution < 1.29 is 0 Å². The van der Waals surface area contributed by atoms with Crippen molar-refractivity contribution in [1.29, 1.82) is 0 Å². The molecule has 0 aliphatic heterocycles. The molecule has 9 heavy (non-hydrogen) atoms. The Hall–Kier alpha value is 0.0249. The fraction of sp³-hybridized carbons (Fsp3) is 1.00. The van der Waals surface area contributed by atoms with Gasteiger partial charge in [0.25, 0.3) is 0 Å². The van der Waals surface area contributed by atoms with Gasteiger partial charge < -0.3 is 5.32 Å². The first kappa shape index (κ1) is 11.8. The highest BCUT2D eigenvalue weighted by molar-refractivity contribution is 5.75. The van der Waals surface area contributed by atoms with Crippen molar-refractivity contribution in [2.45, 2.75) is 33.7 Å². The van der Waals surface area contributed by atoms with Crippen LogP contribution in [0.15, 0.2) is 0 Å². The summed E-state index contributed by atoms with van der Waals surface area (Å²) in [6.45, 7) is 9.91. The van der Waals surface area contributed by atoms with E-state index in [0.717, 1.165) is 12.5 Å². The molecule has 0 heterocycles. The summed E-state index contributed by atoms with van der Waals surface area (Å²) < 4.78 is 0. The lowest BCUT2D eigenvalue weighted by Gasteiger charge is -2.09. The molecule has 0 rings (SSSR count). The second-order valence-corrected chi connectivity index (χ2v) is 2.96. The van der Waals surface area contributed by atoms with Crippen LogP contribution in [0.5, 0.6) is 0 Å². The molecule has 1 N–H and O–H groups in total. The van der Waals surface area contributed by atoms with E-state index in [2.05, 4.69) is 33.0 Å². The predicted octanol–water partition coefficient (Wildman–Crippen LogP) is 1.26. The Morgan fingerprint density at radius 2 is 1.56 bits per heavy atom. The molecule has 53 valence electrons. The molecule has 0 atom stereocenters. The van der Waals surface area contributed by atoms with Crippen molar-refractivity contribution in [1.82, 2.24) is 5.32 Å². The van der Waals surface area contributed by atoms with Gasteiger partial charge in [-0.05, 0) is 12.5 Å². The molecular weight excluding hydrogens is 109 g/mol. The Morgan fingerprint density at radius 1 is 1.11 bits per heavy atom. The van der Waals surface area contributed by atoms with Gasteiger partial charge in [0.15, 0.2) is 0 Å². The first-order valence-electron chi connectivity index (χ1n) is 3.36. The Morgan fingerprint density at radius 3 is 1.67 bits per heavy atom. The third-order valence-electron chi connectivity index (χ3n) is 0.934. The standard InChI is InChI=1S/C7H17N.B/c1-6(2)5-8-7(3)4;/h6-8H,5H2,1-4H3;. The van der Waals surface area contributed by atoms with Gasteiger partial charge in [-0.3, -0.25) is 0 Å². The van der Waals surface area contributed by atoms with Gasteiger partial charge in [-0.1, -0.05) is 27.7 Å².